The largest absolute Gasteiger partial charge is 0.495 e. The molecule has 3 aromatic rings. The maximum Gasteiger partial charge on any atom is 0.416 e. The molecule has 3 aromatic carbocycles. The number of rotatable bonds is 7. The van der Waals surface area contributed by atoms with Gasteiger partial charge in [0.15, 0.2) is 0 Å². The highest BCUT2D eigenvalue weighted by molar-refractivity contribution is 6.00. The molecule has 0 aliphatic carbocycles. The molecule has 2 N–H and O–H groups in total. The molecule has 0 aromatic heterocycles. The van der Waals surface area contributed by atoms with Crippen molar-refractivity contribution in [1.82, 2.24) is 5.32 Å². The van der Waals surface area contributed by atoms with Gasteiger partial charge in [-0.25, -0.2) is 0 Å². The monoisotopic (exact) mass is 458 g/mol. The van der Waals surface area contributed by atoms with E-state index in [4.69, 9.17) is 9.47 Å². The van der Waals surface area contributed by atoms with Gasteiger partial charge >= 0.3 is 6.18 Å². The second kappa shape index (κ2) is 10.1. The van der Waals surface area contributed by atoms with Gasteiger partial charge in [-0.2, -0.15) is 13.2 Å². The van der Waals surface area contributed by atoms with E-state index in [1.165, 1.54) is 43.5 Å². The number of halogens is 3. The van der Waals surface area contributed by atoms with E-state index in [2.05, 4.69) is 10.6 Å². The molecule has 9 heteroatoms. The van der Waals surface area contributed by atoms with Crippen molar-refractivity contribution in [3.63, 3.8) is 0 Å². The van der Waals surface area contributed by atoms with Crippen molar-refractivity contribution >= 4 is 17.5 Å². The van der Waals surface area contributed by atoms with Crippen LogP contribution in [0.25, 0.3) is 0 Å². The smallest absolute Gasteiger partial charge is 0.416 e. The minimum Gasteiger partial charge on any atom is -0.495 e. The number of aryl methyl sites for hydroxylation is 1. The van der Waals surface area contributed by atoms with Crippen molar-refractivity contribution in [3.8, 4) is 17.2 Å². The second-order valence-corrected chi connectivity index (χ2v) is 7.09. The van der Waals surface area contributed by atoms with Crippen LogP contribution in [0.15, 0.2) is 66.7 Å². The fraction of sp³-hybridized carbons (Fsp3) is 0.167. The fourth-order valence-corrected chi connectivity index (χ4v) is 2.95. The first-order valence-electron chi connectivity index (χ1n) is 9.83. The number of hydrogen-bond donors (Lipinski definition) is 2. The molecule has 0 atom stereocenters. The topological polar surface area (TPSA) is 76.7 Å². The van der Waals surface area contributed by atoms with Crippen molar-refractivity contribution < 1.29 is 32.2 Å². The lowest BCUT2D eigenvalue weighted by atomic mass is 10.2. The third-order valence-corrected chi connectivity index (χ3v) is 4.53. The van der Waals surface area contributed by atoms with Gasteiger partial charge in [0.1, 0.15) is 17.2 Å². The van der Waals surface area contributed by atoms with Crippen LogP contribution in [0.3, 0.4) is 0 Å². The lowest BCUT2D eigenvalue weighted by Gasteiger charge is -2.12. The molecule has 0 bridgehead atoms. The summed E-state index contributed by atoms with van der Waals surface area (Å²) >= 11 is 0. The molecule has 0 saturated carbocycles. The lowest BCUT2D eigenvalue weighted by molar-refractivity contribution is -0.137. The number of carbonyl (C=O) groups excluding carboxylic acids is 2. The van der Waals surface area contributed by atoms with E-state index in [0.717, 1.165) is 17.7 Å². The maximum absolute atomic E-state index is 12.9. The van der Waals surface area contributed by atoms with Crippen molar-refractivity contribution in [1.29, 1.82) is 0 Å². The Morgan fingerprint density at radius 3 is 2.33 bits per heavy atom. The molecular weight excluding hydrogens is 437 g/mol. The zero-order valence-electron chi connectivity index (χ0n) is 17.8. The molecule has 2 amide bonds. The molecule has 172 valence electrons. The van der Waals surface area contributed by atoms with Gasteiger partial charge in [-0.15, -0.1) is 0 Å². The molecule has 0 aliphatic heterocycles. The van der Waals surface area contributed by atoms with Crippen LogP contribution in [-0.4, -0.2) is 25.5 Å². The molecule has 0 radical (unpaired) electrons. The molecule has 0 heterocycles. The van der Waals surface area contributed by atoms with Gasteiger partial charge in [-0.05, 0) is 61.0 Å². The predicted molar refractivity (Wildman–Crippen MR) is 117 cm³/mol. The van der Waals surface area contributed by atoms with Crippen LogP contribution >= 0.6 is 0 Å². The molecule has 0 fully saturated rings. The SMILES string of the molecule is COc1ccc(C)cc1NC(=O)CNC(=O)c1cccc(Oc2cccc(C(F)(F)F)c2)c1. The quantitative estimate of drug-likeness (QED) is 0.511. The first kappa shape index (κ1) is 23.6. The number of alkyl halides is 3. The summed E-state index contributed by atoms with van der Waals surface area (Å²) in [7, 11) is 1.48. The normalized spacial score (nSPS) is 10.9. The molecule has 0 unspecified atom stereocenters. The summed E-state index contributed by atoms with van der Waals surface area (Å²) in [5.74, 6) is -0.357. The van der Waals surface area contributed by atoms with Crippen LogP contribution < -0.4 is 20.1 Å². The summed E-state index contributed by atoms with van der Waals surface area (Å²) in [6.07, 6.45) is -4.50. The van der Waals surface area contributed by atoms with Crippen molar-refractivity contribution in [2.24, 2.45) is 0 Å². The van der Waals surface area contributed by atoms with Gasteiger partial charge in [-0.3, -0.25) is 9.59 Å². The zero-order chi connectivity index (χ0) is 24.0. The lowest BCUT2D eigenvalue weighted by Crippen LogP contribution is -2.32. The number of benzene rings is 3. The van der Waals surface area contributed by atoms with Gasteiger partial charge < -0.3 is 20.1 Å². The van der Waals surface area contributed by atoms with Gasteiger partial charge in [0.05, 0.1) is 24.9 Å². The van der Waals surface area contributed by atoms with E-state index < -0.39 is 23.6 Å². The first-order valence-corrected chi connectivity index (χ1v) is 9.83. The number of hydrogen-bond acceptors (Lipinski definition) is 4. The van der Waals surface area contributed by atoms with E-state index in [0.29, 0.717) is 11.4 Å². The van der Waals surface area contributed by atoms with E-state index in [1.54, 1.807) is 12.1 Å². The van der Waals surface area contributed by atoms with E-state index in [9.17, 15) is 22.8 Å². The number of ether oxygens (including phenoxy) is 2. The summed E-state index contributed by atoms with van der Waals surface area (Å²) in [6, 6.07) is 15.6. The van der Waals surface area contributed by atoms with E-state index in [1.807, 2.05) is 13.0 Å². The Bertz CT molecular complexity index is 1160. The maximum atomic E-state index is 12.9. The Balaban J connectivity index is 1.62. The van der Waals surface area contributed by atoms with Gasteiger partial charge in [0.2, 0.25) is 5.91 Å². The van der Waals surface area contributed by atoms with Crippen molar-refractivity contribution in [2.45, 2.75) is 13.1 Å². The van der Waals surface area contributed by atoms with Crippen LogP contribution in [0.5, 0.6) is 17.2 Å². The third kappa shape index (κ3) is 6.49. The van der Waals surface area contributed by atoms with Crippen LogP contribution in [-0.2, 0) is 11.0 Å². The summed E-state index contributed by atoms with van der Waals surface area (Å²) in [6.45, 7) is 1.57. The number of anilines is 1. The summed E-state index contributed by atoms with van der Waals surface area (Å²) in [4.78, 5) is 24.7. The fourth-order valence-electron chi connectivity index (χ4n) is 2.95. The Labute approximate surface area is 188 Å². The minimum atomic E-state index is -4.50. The standard InChI is InChI=1S/C24H21F3N2O4/c1-15-9-10-21(32-2)20(11-15)29-22(30)14-28-23(31)16-5-3-7-18(12-16)33-19-8-4-6-17(13-19)24(25,26)27/h3-13H,14H2,1-2H3,(H,28,31)(H,29,30). The number of amides is 2. The summed E-state index contributed by atoms with van der Waals surface area (Å²) < 4.78 is 49.3. The molecule has 0 spiro atoms. The Morgan fingerprint density at radius 2 is 1.64 bits per heavy atom. The molecule has 0 saturated heterocycles. The molecule has 3 rings (SSSR count). The van der Waals surface area contributed by atoms with Crippen molar-refractivity contribution in [3.05, 3.63) is 83.4 Å². The third-order valence-electron chi connectivity index (χ3n) is 4.53. The first-order chi connectivity index (χ1) is 15.7. The molecule has 0 aliphatic rings. The van der Waals surface area contributed by atoms with Gasteiger partial charge in [0, 0.05) is 5.56 Å². The Hall–Kier alpha value is -4.01. The molecule has 6 nitrogen and oxygen atoms in total. The number of methoxy groups -OCH3 is 1. The Kier molecular flexibility index (Phi) is 7.22. The Morgan fingerprint density at radius 1 is 0.939 bits per heavy atom. The highest BCUT2D eigenvalue weighted by Gasteiger charge is 2.30. The van der Waals surface area contributed by atoms with Crippen LogP contribution in [0.2, 0.25) is 0 Å². The molecule has 33 heavy (non-hydrogen) atoms. The second-order valence-electron chi connectivity index (χ2n) is 7.09. The highest BCUT2D eigenvalue weighted by Crippen LogP contribution is 2.32. The summed E-state index contributed by atoms with van der Waals surface area (Å²) in [5, 5.41) is 5.17. The highest BCUT2D eigenvalue weighted by atomic mass is 19.4. The predicted octanol–water partition coefficient (Wildman–Crippen LogP) is 5.18. The van der Waals surface area contributed by atoms with E-state index in [-0.39, 0.29) is 23.6 Å². The van der Waals surface area contributed by atoms with Crippen LogP contribution in [0, 0.1) is 6.92 Å². The zero-order valence-corrected chi connectivity index (χ0v) is 17.8. The van der Waals surface area contributed by atoms with Crippen molar-refractivity contribution in [2.75, 3.05) is 19.0 Å². The van der Waals surface area contributed by atoms with Gasteiger partial charge in [-0.1, -0.05) is 18.2 Å². The van der Waals surface area contributed by atoms with E-state index >= 15 is 0 Å². The summed E-state index contributed by atoms with van der Waals surface area (Å²) in [5.41, 5.74) is 0.742. The van der Waals surface area contributed by atoms with Crippen LogP contribution in [0.4, 0.5) is 18.9 Å². The average Bonchev–Trinajstić information content (AvgIpc) is 2.77. The average molecular weight is 458 g/mol. The number of carbonyl (C=O) groups is 2. The minimum absolute atomic E-state index is 0.0196. The molecular formula is C24H21F3N2O4. The number of nitrogens with one attached hydrogen (secondary N) is 2. The van der Waals surface area contributed by atoms with Crippen LogP contribution in [0.1, 0.15) is 21.5 Å². The van der Waals surface area contributed by atoms with Gasteiger partial charge in [0.25, 0.3) is 5.91 Å².